The third-order valence-corrected chi connectivity index (χ3v) is 3.03. The quantitative estimate of drug-likeness (QED) is 0.800. The molecule has 0 aromatic carbocycles. The highest BCUT2D eigenvalue weighted by Gasteiger charge is 2.17. The summed E-state index contributed by atoms with van der Waals surface area (Å²) >= 11 is 0. The Morgan fingerprint density at radius 2 is 2.00 bits per heavy atom. The first-order chi connectivity index (χ1) is 10.0. The monoisotopic (exact) mass is 293 g/mol. The van der Waals surface area contributed by atoms with Crippen molar-refractivity contribution in [1.82, 2.24) is 19.8 Å². The van der Waals surface area contributed by atoms with Crippen LogP contribution in [0, 0.1) is 6.92 Å². The van der Waals surface area contributed by atoms with Gasteiger partial charge in [0.25, 0.3) is 6.43 Å². The van der Waals surface area contributed by atoms with Crippen LogP contribution >= 0.6 is 0 Å². The zero-order valence-corrected chi connectivity index (χ0v) is 11.4. The largest absolute Gasteiger partial charge is 0.464 e. The molecule has 8 heteroatoms. The van der Waals surface area contributed by atoms with Gasteiger partial charge in [-0.2, -0.15) is 4.52 Å². The van der Waals surface area contributed by atoms with Crippen molar-refractivity contribution in [3.05, 3.63) is 41.6 Å². The van der Waals surface area contributed by atoms with Crippen LogP contribution in [0.15, 0.2) is 28.7 Å². The normalized spacial score (nSPS) is 13.0. The average Bonchev–Trinajstić information content (AvgIpc) is 3.04. The third kappa shape index (κ3) is 2.56. The van der Waals surface area contributed by atoms with Crippen LogP contribution in [0.3, 0.4) is 0 Å². The van der Waals surface area contributed by atoms with Crippen LogP contribution in [-0.4, -0.2) is 19.8 Å². The molecule has 110 valence electrons. The van der Waals surface area contributed by atoms with Gasteiger partial charge in [-0.3, -0.25) is 0 Å². The van der Waals surface area contributed by atoms with E-state index in [-0.39, 0.29) is 11.7 Å². The number of hydrogen-bond acceptors (Lipinski definition) is 5. The zero-order valence-electron chi connectivity index (χ0n) is 11.4. The first-order valence-corrected chi connectivity index (χ1v) is 6.38. The number of furan rings is 1. The molecule has 0 spiro atoms. The number of alkyl halides is 2. The van der Waals surface area contributed by atoms with Crippen LogP contribution in [0.25, 0.3) is 5.65 Å². The van der Waals surface area contributed by atoms with E-state index in [9.17, 15) is 8.78 Å². The second-order valence-corrected chi connectivity index (χ2v) is 4.66. The van der Waals surface area contributed by atoms with Gasteiger partial charge < -0.3 is 9.73 Å². The van der Waals surface area contributed by atoms with Gasteiger partial charge in [-0.1, -0.05) is 0 Å². The summed E-state index contributed by atoms with van der Waals surface area (Å²) in [6, 6.07) is 6.81. The number of nitrogens with one attached hydrogen (secondary N) is 1. The first-order valence-electron chi connectivity index (χ1n) is 6.38. The van der Waals surface area contributed by atoms with E-state index in [1.54, 1.807) is 12.1 Å². The number of nitrogens with zero attached hydrogens (tertiary/aromatic N) is 4. The van der Waals surface area contributed by atoms with E-state index < -0.39 is 12.2 Å². The van der Waals surface area contributed by atoms with Crippen molar-refractivity contribution in [1.29, 1.82) is 0 Å². The number of anilines is 1. The Morgan fingerprint density at radius 1 is 1.19 bits per heavy atom. The molecule has 3 aromatic heterocycles. The van der Waals surface area contributed by atoms with Gasteiger partial charge in [0.05, 0.1) is 6.04 Å². The second-order valence-electron chi connectivity index (χ2n) is 4.66. The minimum Gasteiger partial charge on any atom is -0.464 e. The standard InChI is InChI=1S/C13H13F2N5O/c1-7-3-4-9(21-7)8(2)16-10-5-6-11-17-18-13(12(14)15)20(11)19-10/h3-6,8,12H,1-2H3,(H,16,19). The fraction of sp³-hybridized carbons (Fsp3) is 0.308. The van der Waals surface area contributed by atoms with E-state index in [1.165, 1.54) is 0 Å². The van der Waals surface area contributed by atoms with Crippen LogP contribution in [0.2, 0.25) is 0 Å². The van der Waals surface area contributed by atoms with Gasteiger partial charge in [0.2, 0.25) is 5.82 Å². The molecule has 0 saturated carbocycles. The molecule has 1 unspecified atom stereocenters. The summed E-state index contributed by atoms with van der Waals surface area (Å²) in [5.41, 5.74) is 0.275. The molecule has 0 saturated heterocycles. The Bertz CT molecular complexity index is 767. The lowest BCUT2D eigenvalue weighted by atomic mass is 10.2. The molecule has 0 fully saturated rings. The van der Waals surface area contributed by atoms with Crippen molar-refractivity contribution in [3.63, 3.8) is 0 Å². The maximum absolute atomic E-state index is 12.8. The molecule has 3 heterocycles. The summed E-state index contributed by atoms with van der Waals surface area (Å²) in [7, 11) is 0. The molecule has 1 N–H and O–H groups in total. The molecule has 0 aliphatic heterocycles. The number of halogens is 2. The lowest BCUT2D eigenvalue weighted by molar-refractivity contribution is 0.137. The topological polar surface area (TPSA) is 68.2 Å². The lowest BCUT2D eigenvalue weighted by Gasteiger charge is -2.12. The van der Waals surface area contributed by atoms with Gasteiger partial charge in [0, 0.05) is 0 Å². The van der Waals surface area contributed by atoms with Gasteiger partial charge in [-0.15, -0.1) is 15.3 Å². The molecular weight excluding hydrogens is 280 g/mol. The fourth-order valence-electron chi connectivity index (χ4n) is 2.00. The van der Waals surface area contributed by atoms with E-state index in [0.717, 1.165) is 16.0 Å². The lowest BCUT2D eigenvalue weighted by Crippen LogP contribution is -2.09. The number of aromatic nitrogens is 4. The van der Waals surface area contributed by atoms with E-state index in [1.807, 2.05) is 26.0 Å². The van der Waals surface area contributed by atoms with Crippen molar-refractivity contribution in [2.24, 2.45) is 0 Å². The highest BCUT2D eigenvalue weighted by Crippen LogP contribution is 2.21. The van der Waals surface area contributed by atoms with E-state index in [2.05, 4.69) is 20.6 Å². The Hall–Kier alpha value is -2.51. The van der Waals surface area contributed by atoms with Crippen LogP contribution in [0.4, 0.5) is 14.6 Å². The van der Waals surface area contributed by atoms with E-state index >= 15 is 0 Å². The van der Waals surface area contributed by atoms with E-state index in [4.69, 9.17) is 4.42 Å². The molecule has 3 rings (SSSR count). The number of rotatable bonds is 4. The Labute approximate surface area is 118 Å². The molecule has 0 bridgehead atoms. The molecule has 1 atom stereocenters. The van der Waals surface area contributed by atoms with Crippen molar-refractivity contribution < 1.29 is 13.2 Å². The predicted octanol–water partition coefficient (Wildman–Crippen LogP) is 3.14. The van der Waals surface area contributed by atoms with Crippen molar-refractivity contribution in [2.75, 3.05) is 5.32 Å². The highest BCUT2D eigenvalue weighted by atomic mass is 19.3. The average molecular weight is 293 g/mol. The highest BCUT2D eigenvalue weighted by molar-refractivity contribution is 5.44. The minimum atomic E-state index is -2.73. The third-order valence-electron chi connectivity index (χ3n) is 3.03. The van der Waals surface area contributed by atoms with Crippen molar-refractivity contribution in [3.8, 4) is 0 Å². The molecule has 3 aromatic rings. The summed E-state index contributed by atoms with van der Waals surface area (Å²) in [6.07, 6.45) is -2.73. The maximum Gasteiger partial charge on any atom is 0.299 e. The van der Waals surface area contributed by atoms with Crippen LogP contribution < -0.4 is 5.32 Å². The molecule has 0 aliphatic carbocycles. The molecule has 0 radical (unpaired) electrons. The van der Waals surface area contributed by atoms with Crippen LogP contribution in [-0.2, 0) is 0 Å². The Kier molecular flexibility index (Phi) is 3.28. The van der Waals surface area contributed by atoms with Crippen molar-refractivity contribution >= 4 is 11.5 Å². The Balaban J connectivity index is 1.88. The first kappa shape index (κ1) is 13.5. The second kappa shape index (κ2) is 5.12. The van der Waals surface area contributed by atoms with Gasteiger partial charge in [0.15, 0.2) is 5.65 Å². The summed E-state index contributed by atoms with van der Waals surface area (Å²) in [5, 5.41) is 14.3. The van der Waals surface area contributed by atoms with Gasteiger partial charge in [0.1, 0.15) is 17.3 Å². The summed E-state index contributed by atoms with van der Waals surface area (Å²) in [4.78, 5) is 0. The van der Waals surface area contributed by atoms with E-state index in [0.29, 0.717) is 5.82 Å². The summed E-state index contributed by atoms with van der Waals surface area (Å²) < 4.78 is 32.1. The SMILES string of the molecule is Cc1ccc(C(C)Nc2ccc3nnc(C(F)F)n3n2)o1. The molecule has 0 aliphatic rings. The smallest absolute Gasteiger partial charge is 0.299 e. The van der Waals surface area contributed by atoms with Gasteiger partial charge in [-0.25, -0.2) is 8.78 Å². The molecule has 6 nitrogen and oxygen atoms in total. The van der Waals surface area contributed by atoms with Crippen LogP contribution in [0.5, 0.6) is 0 Å². The zero-order chi connectivity index (χ0) is 15.0. The Morgan fingerprint density at radius 3 is 2.67 bits per heavy atom. The summed E-state index contributed by atoms with van der Waals surface area (Å²) in [5.74, 6) is 1.51. The maximum atomic E-state index is 12.8. The molecule has 21 heavy (non-hydrogen) atoms. The van der Waals surface area contributed by atoms with Gasteiger partial charge >= 0.3 is 0 Å². The number of fused-ring (bicyclic) bond motifs is 1. The molecule has 0 amide bonds. The van der Waals surface area contributed by atoms with Gasteiger partial charge in [-0.05, 0) is 38.1 Å². The number of hydrogen-bond donors (Lipinski definition) is 1. The van der Waals surface area contributed by atoms with Crippen molar-refractivity contribution in [2.45, 2.75) is 26.3 Å². The predicted molar refractivity (Wildman–Crippen MR) is 71.2 cm³/mol. The molecular formula is C13H13F2N5O. The fourth-order valence-corrected chi connectivity index (χ4v) is 2.00. The summed E-state index contributed by atoms with van der Waals surface area (Å²) in [6.45, 7) is 3.75. The van der Waals surface area contributed by atoms with Crippen LogP contribution in [0.1, 0.15) is 36.7 Å². The minimum absolute atomic E-state index is 0.143. The number of aryl methyl sites for hydroxylation is 1.